The Kier molecular flexibility index (Phi) is 28.8. The van der Waals surface area contributed by atoms with Crippen LogP contribution in [-0.2, 0) is 72.0 Å². The Balaban J connectivity index is 1.40. The number of aromatic hydroxyl groups is 1. The first kappa shape index (κ1) is 73.9. The summed E-state index contributed by atoms with van der Waals surface area (Å²) in [5.74, 6) is -11.6. The van der Waals surface area contributed by atoms with Crippen LogP contribution in [0.5, 0.6) is 5.75 Å². The first-order chi connectivity index (χ1) is 44.1. The molecular weight excluding hydrogens is 1210 g/mol. The maximum absolute atomic E-state index is 15.1. The van der Waals surface area contributed by atoms with E-state index in [0.717, 1.165) is 0 Å². The van der Waals surface area contributed by atoms with Crippen LogP contribution in [0.2, 0.25) is 0 Å². The number of carbonyl (C=O) groups excluding carboxylic acids is 9. The van der Waals surface area contributed by atoms with E-state index in [4.69, 9.17) is 17.2 Å². The number of phenolic OH excluding ortho intramolecular Hbond substituents is 1. The highest BCUT2D eigenvalue weighted by molar-refractivity contribution is 5.99. The predicted molar refractivity (Wildman–Crippen MR) is 340 cm³/mol. The van der Waals surface area contributed by atoms with E-state index >= 15 is 4.79 Å². The summed E-state index contributed by atoms with van der Waals surface area (Å²) < 4.78 is 0. The Morgan fingerprint density at radius 1 is 0.667 bits per heavy atom. The fraction of sp³-hybridized carbons (Fsp3) is 0.532. The van der Waals surface area contributed by atoms with E-state index in [1.165, 1.54) is 41.7 Å². The van der Waals surface area contributed by atoms with Crippen molar-refractivity contribution in [2.24, 2.45) is 39.9 Å². The molecule has 93 heavy (non-hydrogen) atoms. The third kappa shape index (κ3) is 23.7. The van der Waals surface area contributed by atoms with Crippen LogP contribution in [0.15, 0.2) is 84.5 Å². The molecule has 2 aliphatic heterocycles. The summed E-state index contributed by atoms with van der Waals surface area (Å²) in [5, 5.41) is 56.9. The van der Waals surface area contributed by atoms with E-state index in [1.54, 1.807) is 84.3 Å². The molecule has 0 saturated carbocycles. The van der Waals surface area contributed by atoms with Crippen LogP contribution in [0.1, 0.15) is 110 Å². The molecule has 31 nitrogen and oxygen atoms in total. The lowest BCUT2D eigenvalue weighted by Crippen LogP contribution is -2.62. The number of guanidine groups is 1. The van der Waals surface area contributed by atoms with Gasteiger partial charge < -0.3 is 95.6 Å². The number of phenols is 1. The van der Waals surface area contributed by atoms with Crippen LogP contribution in [-0.4, -0.2) is 181 Å². The van der Waals surface area contributed by atoms with Crippen LogP contribution in [0.25, 0.3) is 0 Å². The van der Waals surface area contributed by atoms with Crippen LogP contribution in [0.3, 0.4) is 0 Å². The van der Waals surface area contributed by atoms with Crippen molar-refractivity contribution in [2.45, 2.75) is 179 Å². The maximum Gasteiger partial charge on any atom is 0.326 e. The predicted octanol–water partition coefficient (Wildman–Crippen LogP) is -1.92. The number of nitrogens with zero attached hydrogens (tertiary/aromatic N) is 3. The van der Waals surface area contributed by atoms with Gasteiger partial charge in [0.2, 0.25) is 53.2 Å². The molecule has 0 spiro atoms. The minimum absolute atomic E-state index is 0.0362. The second-order valence-electron chi connectivity index (χ2n) is 24.1. The zero-order valence-corrected chi connectivity index (χ0v) is 53.2. The number of aromatic amines is 1. The number of imidazole rings is 1. The number of hydrogen-bond acceptors (Lipinski definition) is 17. The van der Waals surface area contributed by atoms with Gasteiger partial charge in [0.05, 0.1) is 25.0 Å². The highest BCUT2D eigenvalue weighted by Gasteiger charge is 2.42. The molecule has 508 valence electrons. The first-order valence-electron chi connectivity index (χ1n) is 31.1. The van der Waals surface area contributed by atoms with Crippen molar-refractivity contribution in [1.82, 2.24) is 68.0 Å². The summed E-state index contributed by atoms with van der Waals surface area (Å²) in [7, 11) is 0. The van der Waals surface area contributed by atoms with Crippen molar-refractivity contribution < 1.29 is 68.1 Å². The number of nitrogens with two attached hydrogens (primary N) is 3. The average molecular weight is 1300 g/mol. The third-order valence-corrected chi connectivity index (χ3v) is 15.8. The van der Waals surface area contributed by atoms with Gasteiger partial charge >= 0.3 is 11.9 Å². The molecular formula is C62H91N17O14. The largest absolute Gasteiger partial charge is 0.508 e. The van der Waals surface area contributed by atoms with Crippen molar-refractivity contribution in [3.05, 3.63) is 96.3 Å². The molecule has 11 unspecified atom stereocenters. The zero-order valence-electron chi connectivity index (χ0n) is 53.2. The molecule has 11 atom stereocenters. The van der Waals surface area contributed by atoms with E-state index in [2.05, 4.69) is 68.1 Å². The normalized spacial score (nSPS) is 16.8. The quantitative estimate of drug-likeness (QED) is 0.0170. The number of benzene rings is 2. The molecule has 5 rings (SSSR count). The van der Waals surface area contributed by atoms with Gasteiger partial charge in [0.1, 0.15) is 60.1 Å². The molecule has 3 aromatic rings. The fourth-order valence-electron chi connectivity index (χ4n) is 10.5. The summed E-state index contributed by atoms with van der Waals surface area (Å²) in [6.07, 6.45) is 5.27. The molecule has 0 bridgehead atoms. The summed E-state index contributed by atoms with van der Waals surface area (Å²) in [6.45, 7) is 10.4. The van der Waals surface area contributed by atoms with Gasteiger partial charge in [-0.2, -0.15) is 0 Å². The molecule has 31 heteroatoms. The van der Waals surface area contributed by atoms with Gasteiger partial charge in [-0.3, -0.25) is 52.9 Å². The molecule has 9 amide bonds. The number of carbonyl (C=O) groups is 11. The number of amides is 9. The standard InChI is InChI=1S/C62H91N17O14/c1-7-35(6)51(78-56(87)43(27-37-17-19-39(80)20-18-37)74-58(89)50(34(4)5)77-53(84)41(15-11-21-69-62(64)65)71-52(83)40(63)29-49(81)82)59(90)75-45(28-38-31-66-32-70-38)60(91)79-24-12-16-47(79)57(88)73-42(26-36-13-9-8-10-14-36)54(85)72-44(30-48-67-22-23-68-48)55(86)76-46(61(92)93)25-33(2)3/h8-10,13-14,17-20,22-23,31-35,40-48,50-51,67-68,80H,7,11-12,15-16,21,24-30,63H2,1-6H3,(H,66,70)(H,71,83)(H,72,85)(H,73,88)(H,74,89)(H,75,90)(H,76,86)(H,77,84)(H,78,87)(H,81,82)(H,92,93)(H4,64,65,69). The van der Waals surface area contributed by atoms with E-state index < -0.39 is 150 Å². The third-order valence-electron chi connectivity index (χ3n) is 15.8. The molecule has 3 heterocycles. The smallest absolute Gasteiger partial charge is 0.326 e. The molecule has 1 aromatic heterocycles. The monoisotopic (exact) mass is 1300 g/mol. The van der Waals surface area contributed by atoms with Crippen molar-refractivity contribution in [1.29, 1.82) is 0 Å². The minimum atomic E-state index is -1.53. The van der Waals surface area contributed by atoms with Gasteiger partial charge in [-0.15, -0.1) is 0 Å². The van der Waals surface area contributed by atoms with Crippen molar-refractivity contribution in [3.8, 4) is 5.75 Å². The highest BCUT2D eigenvalue weighted by Crippen LogP contribution is 2.22. The lowest BCUT2D eigenvalue weighted by Gasteiger charge is -2.32. The van der Waals surface area contributed by atoms with E-state index in [0.29, 0.717) is 29.7 Å². The Labute approximate surface area is 539 Å². The van der Waals surface area contributed by atoms with Gasteiger partial charge in [0.25, 0.3) is 0 Å². The first-order valence-corrected chi connectivity index (χ1v) is 31.1. The Morgan fingerprint density at radius 2 is 1.23 bits per heavy atom. The lowest BCUT2D eigenvalue weighted by molar-refractivity contribution is -0.143. The number of aliphatic imine (C=N–C) groups is 1. The SMILES string of the molecule is CCC(C)C(NC(=O)C(Cc1ccc(O)cc1)NC(=O)C(NC(=O)C(CCCN=C(N)N)NC(=O)C(N)CC(=O)O)C(C)C)C(=O)NC(Cc1cnc[nH]1)C(=O)N1CCCC1C(=O)NC(Cc1ccccc1)C(=O)NC(CC1NC=CN1)C(=O)NC(CC(C)C)C(=O)O. The van der Waals surface area contributed by atoms with Crippen molar-refractivity contribution in [2.75, 3.05) is 13.1 Å². The number of carboxylic acid groups (broad SMARTS) is 2. The van der Waals surface area contributed by atoms with Gasteiger partial charge in [0, 0.05) is 63.1 Å². The van der Waals surface area contributed by atoms with Crippen molar-refractivity contribution >= 4 is 71.1 Å². The van der Waals surface area contributed by atoms with Gasteiger partial charge in [-0.05, 0) is 73.1 Å². The molecule has 1 saturated heterocycles. The number of H-pyrrole nitrogens is 1. The molecule has 1 fully saturated rings. The second-order valence-corrected chi connectivity index (χ2v) is 24.1. The van der Waals surface area contributed by atoms with Crippen LogP contribution in [0.4, 0.5) is 0 Å². The zero-order chi connectivity index (χ0) is 68.5. The Hall–Kier alpha value is -9.81. The van der Waals surface area contributed by atoms with Crippen LogP contribution < -0.4 is 70.4 Å². The number of nitrogens with one attached hydrogen (secondary N) is 11. The molecule has 0 radical (unpaired) electrons. The molecule has 2 aliphatic rings. The van der Waals surface area contributed by atoms with Crippen LogP contribution in [0, 0.1) is 17.8 Å². The molecule has 0 aliphatic carbocycles. The van der Waals surface area contributed by atoms with Crippen molar-refractivity contribution in [3.63, 3.8) is 0 Å². The summed E-state index contributed by atoms with van der Waals surface area (Å²) in [4.78, 5) is 165. The Bertz CT molecular complexity index is 3080. The summed E-state index contributed by atoms with van der Waals surface area (Å²) in [6, 6.07) is 0.945. The van der Waals surface area contributed by atoms with Gasteiger partial charge in [0.15, 0.2) is 5.96 Å². The van der Waals surface area contributed by atoms with Crippen LogP contribution >= 0.6 is 0 Å². The topological polar surface area (TPSA) is 491 Å². The van der Waals surface area contributed by atoms with Gasteiger partial charge in [-0.1, -0.05) is 90.4 Å². The number of aromatic nitrogens is 2. The fourth-order valence-corrected chi connectivity index (χ4v) is 10.5. The van der Waals surface area contributed by atoms with Gasteiger partial charge in [-0.25, -0.2) is 9.78 Å². The Morgan fingerprint density at radius 3 is 1.82 bits per heavy atom. The number of aliphatic carboxylic acids is 2. The lowest BCUT2D eigenvalue weighted by atomic mass is 9.96. The highest BCUT2D eigenvalue weighted by atomic mass is 16.4. The number of hydrogen-bond donors (Lipinski definition) is 17. The van der Waals surface area contributed by atoms with E-state index in [1.807, 2.05) is 0 Å². The van der Waals surface area contributed by atoms with E-state index in [-0.39, 0.29) is 82.1 Å². The number of rotatable bonds is 37. The summed E-state index contributed by atoms with van der Waals surface area (Å²) >= 11 is 0. The second kappa shape index (κ2) is 36.3. The average Bonchev–Trinajstić information content (AvgIpc) is 1.81. The number of carboxylic acids is 2. The summed E-state index contributed by atoms with van der Waals surface area (Å²) in [5.41, 5.74) is 18.2. The molecule has 2 aromatic carbocycles. The minimum Gasteiger partial charge on any atom is -0.508 e. The molecule has 20 N–H and O–H groups in total. The van der Waals surface area contributed by atoms with E-state index in [9.17, 15) is 63.3 Å². The maximum atomic E-state index is 15.1. The number of likely N-dealkylation sites (tertiary alicyclic amines) is 1.